The highest BCUT2D eigenvalue weighted by Crippen LogP contribution is 2.21. The second-order valence-corrected chi connectivity index (χ2v) is 6.82. The molecule has 2 rings (SSSR count). The number of aromatic nitrogens is 2. The third kappa shape index (κ3) is 6.86. The molecule has 0 saturated carbocycles. The van der Waals surface area contributed by atoms with E-state index in [9.17, 15) is 9.65 Å². The SMILES string of the molecule is CCCCN(C)C(=NCCCc1nn(-c2ccc(F)cc2)c(N)c1C#N)NCC.I. The number of benzene rings is 1. The van der Waals surface area contributed by atoms with Crippen molar-refractivity contribution in [3.63, 3.8) is 0 Å². The number of hydrogen-bond acceptors (Lipinski definition) is 4. The summed E-state index contributed by atoms with van der Waals surface area (Å²) in [6.45, 7) is 6.60. The standard InChI is InChI=1S/C21H30FN7.HI/c1-4-6-14-28(3)21(25-5-2)26-13-7-8-19-18(15-23)20(24)29(27-19)17-11-9-16(22)10-12-17;/h9-12H,4-8,13-14,24H2,1-3H3,(H,25,26);1H. The van der Waals surface area contributed by atoms with E-state index in [-0.39, 0.29) is 35.6 Å². The number of anilines is 1. The number of aryl methyl sites for hydroxylation is 1. The molecule has 3 N–H and O–H groups in total. The van der Waals surface area contributed by atoms with Crippen LogP contribution in [0.15, 0.2) is 29.3 Å². The van der Waals surface area contributed by atoms with E-state index in [1.807, 2.05) is 14.0 Å². The van der Waals surface area contributed by atoms with E-state index in [4.69, 9.17) is 5.73 Å². The Balaban J connectivity index is 0.00000450. The van der Waals surface area contributed by atoms with Crippen molar-refractivity contribution in [1.82, 2.24) is 20.0 Å². The summed E-state index contributed by atoms with van der Waals surface area (Å²) < 4.78 is 14.7. The maximum atomic E-state index is 13.2. The minimum atomic E-state index is -0.335. The maximum absolute atomic E-state index is 13.2. The molecule has 0 saturated heterocycles. The predicted molar refractivity (Wildman–Crippen MR) is 130 cm³/mol. The number of nitrogens with zero attached hydrogens (tertiary/aromatic N) is 5. The number of nitrogens with one attached hydrogen (secondary N) is 1. The van der Waals surface area contributed by atoms with E-state index in [1.54, 1.807) is 12.1 Å². The van der Waals surface area contributed by atoms with Crippen molar-refractivity contribution >= 4 is 35.8 Å². The smallest absolute Gasteiger partial charge is 0.193 e. The van der Waals surface area contributed by atoms with Crippen LogP contribution in [0.25, 0.3) is 5.69 Å². The Bertz CT molecular complexity index is 855. The Hall–Kier alpha value is -2.35. The lowest BCUT2D eigenvalue weighted by atomic mass is 10.1. The molecule has 1 aromatic carbocycles. The average molecular weight is 527 g/mol. The van der Waals surface area contributed by atoms with Gasteiger partial charge in [-0.25, -0.2) is 9.07 Å². The third-order valence-corrected chi connectivity index (χ3v) is 4.55. The van der Waals surface area contributed by atoms with Crippen molar-refractivity contribution in [3.8, 4) is 11.8 Å². The first-order valence-electron chi connectivity index (χ1n) is 10.0. The lowest BCUT2D eigenvalue weighted by molar-refractivity contribution is 0.464. The van der Waals surface area contributed by atoms with Crippen LogP contribution in [0.4, 0.5) is 10.2 Å². The van der Waals surface area contributed by atoms with Crippen molar-refractivity contribution in [2.75, 3.05) is 32.4 Å². The molecule has 0 aliphatic carbocycles. The fourth-order valence-electron chi connectivity index (χ4n) is 2.96. The van der Waals surface area contributed by atoms with E-state index in [2.05, 4.69) is 33.3 Å². The van der Waals surface area contributed by atoms with Crippen LogP contribution in [0, 0.1) is 17.1 Å². The van der Waals surface area contributed by atoms with Crippen molar-refractivity contribution in [3.05, 3.63) is 41.3 Å². The van der Waals surface area contributed by atoms with E-state index >= 15 is 0 Å². The minimum Gasteiger partial charge on any atom is -0.382 e. The lowest BCUT2D eigenvalue weighted by Crippen LogP contribution is -2.39. The van der Waals surface area contributed by atoms with Gasteiger partial charge in [0.25, 0.3) is 0 Å². The van der Waals surface area contributed by atoms with E-state index in [0.29, 0.717) is 29.9 Å². The highest BCUT2D eigenvalue weighted by Gasteiger charge is 2.16. The third-order valence-electron chi connectivity index (χ3n) is 4.55. The molecule has 0 fully saturated rings. The second kappa shape index (κ2) is 13.1. The topological polar surface area (TPSA) is 95.3 Å². The van der Waals surface area contributed by atoms with Crippen molar-refractivity contribution in [2.24, 2.45) is 4.99 Å². The lowest BCUT2D eigenvalue weighted by Gasteiger charge is -2.21. The van der Waals surface area contributed by atoms with Gasteiger partial charge in [0.15, 0.2) is 5.96 Å². The van der Waals surface area contributed by atoms with Crippen molar-refractivity contribution < 1.29 is 4.39 Å². The first kappa shape index (κ1) is 25.7. The zero-order valence-corrected chi connectivity index (χ0v) is 20.2. The van der Waals surface area contributed by atoms with Crippen LogP contribution in [0.5, 0.6) is 0 Å². The van der Waals surface area contributed by atoms with Gasteiger partial charge in [0.2, 0.25) is 0 Å². The molecule has 9 heteroatoms. The number of nitriles is 1. The Morgan fingerprint density at radius 1 is 1.30 bits per heavy atom. The van der Waals surface area contributed by atoms with Crippen molar-refractivity contribution in [1.29, 1.82) is 5.26 Å². The fraction of sp³-hybridized carbons (Fsp3) is 0.476. The maximum Gasteiger partial charge on any atom is 0.193 e. The molecular formula is C21H31FIN7. The van der Waals surface area contributed by atoms with Gasteiger partial charge in [-0.05, 0) is 50.5 Å². The Morgan fingerprint density at radius 3 is 2.60 bits per heavy atom. The van der Waals surface area contributed by atoms with Crippen LogP contribution in [0.2, 0.25) is 0 Å². The Labute approximate surface area is 195 Å². The number of nitrogens with two attached hydrogens (primary N) is 1. The number of nitrogen functional groups attached to an aromatic ring is 1. The summed E-state index contributed by atoms with van der Waals surface area (Å²) in [4.78, 5) is 6.81. The summed E-state index contributed by atoms with van der Waals surface area (Å²) in [7, 11) is 2.04. The number of halogens is 2. The first-order valence-corrected chi connectivity index (χ1v) is 10.0. The van der Waals surface area contributed by atoms with Gasteiger partial charge in [-0.15, -0.1) is 24.0 Å². The quantitative estimate of drug-likeness (QED) is 0.225. The molecule has 0 aliphatic rings. The van der Waals surface area contributed by atoms with Crippen LogP contribution < -0.4 is 11.1 Å². The van der Waals surface area contributed by atoms with Gasteiger partial charge in [-0.3, -0.25) is 4.99 Å². The normalized spacial score (nSPS) is 11.0. The van der Waals surface area contributed by atoms with Crippen LogP contribution in [0.1, 0.15) is 44.4 Å². The van der Waals surface area contributed by atoms with Crippen LogP contribution in [-0.2, 0) is 6.42 Å². The molecule has 164 valence electrons. The van der Waals surface area contributed by atoms with Gasteiger partial charge in [0, 0.05) is 26.7 Å². The molecular weight excluding hydrogens is 496 g/mol. The van der Waals surface area contributed by atoms with Gasteiger partial charge in [0.1, 0.15) is 23.3 Å². The number of guanidine groups is 1. The van der Waals surface area contributed by atoms with Crippen molar-refractivity contribution in [2.45, 2.75) is 39.5 Å². The molecule has 2 aromatic rings. The zero-order chi connectivity index (χ0) is 21.2. The minimum absolute atomic E-state index is 0. The number of rotatable bonds is 9. The highest BCUT2D eigenvalue weighted by molar-refractivity contribution is 14.0. The van der Waals surface area contributed by atoms with Gasteiger partial charge >= 0.3 is 0 Å². The molecule has 30 heavy (non-hydrogen) atoms. The average Bonchev–Trinajstić information content (AvgIpc) is 3.04. The van der Waals surface area contributed by atoms with Crippen LogP contribution in [0.3, 0.4) is 0 Å². The molecule has 0 unspecified atom stereocenters. The second-order valence-electron chi connectivity index (χ2n) is 6.82. The van der Waals surface area contributed by atoms with E-state index < -0.39 is 0 Å². The van der Waals surface area contributed by atoms with E-state index in [0.717, 1.165) is 38.3 Å². The summed E-state index contributed by atoms with van der Waals surface area (Å²) in [6, 6.07) is 7.99. The molecule has 0 aliphatic heterocycles. The largest absolute Gasteiger partial charge is 0.382 e. The Kier molecular flexibility index (Phi) is 11.2. The summed E-state index contributed by atoms with van der Waals surface area (Å²) in [5, 5.41) is 17.3. The van der Waals surface area contributed by atoms with Gasteiger partial charge in [0.05, 0.1) is 11.4 Å². The predicted octanol–water partition coefficient (Wildman–Crippen LogP) is 3.71. The molecule has 7 nitrogen and oxygen atoms in total. The monoisotopic (exact) mass is 527 g/mol. The Morgan fingerprint density at radius 2 is 2.00 bits per heavy atom. The number of unbranched alkanes of at least 4 members (excludes halogenated alkanes) is 1. The molecule has 0 radical (unpaired) electrons. The molecule has 0 amide bonds. The van der Waals surface area contributed by atoms with E-state index in [1.165, 1.54) is 16.8 Å². The summed E-state index contributed by atoms with van der Waals surface area (Å²) in [5.74, 6) is 0.821. The summed E-state index contributed by atoms with van der Waals surface area (Å²) in [5.41, 5.74) is 7.72. The zero-order valence-electron chi connectivity index (χ0n) is 17.9. The highest BCUT2D eigenvalue weighted by atomic mass is 127. The van der Waals surface area contributed by atoms with Crippen LogP contribution in [-0.4, -0.2) is 47.3 Å². The fourth-order valence-corrected chi connectivity index (χ4v) is 2.96. The van der Waals surface area contributed by atoms with Crippen LogP contribution >= 0.6 is 24.0 Å². The molecule has 1 aromatic heterocycles. The van der Waals surface area contributed by atoms with Gasteiger partial charge in [-0.1, -0.05) is 13.3 Å². The number of aliphatic imine (C=N–C) groups is 1. The first-order chi connectivity index (χ1) is 14.0. The van der Waals surface area contributed by atoms with Gasteiger partial charge < -0.3 is 16.0 Å². The molecule has 0 bridgehead atoms. The van der Waals surface area contributed by atoms with Gasteiger partial charge in [-0.2, -0.15) is 10.4 Å². The summed E-state index contributed by atoms with van der Waals surface area (Å²) in [6.07, 6.45) is 3.58. The number of hydrogen-bond donors (Lipinski definition) is 2. The molecule has 0 atom stereocenters. The molecule has 1 heterocycles. The molecule has 0 spiro atoms. The summed E-state index contributed by atoms with van der Waals surface area (Å²) >= 11 is 0.